The number of nitrogens with two attached hydrogens (primary N) is 1. The van der Waals surface area contributed by atoms with Crippen molar-refractivity contribution >= 4 is 0 Å². The number of aliphatic hydroxyl groups excluding tert-OH is 1. The molecule has 0 rings (SSSR count). The quantitative estimate of drug-likeness (QED) is 0.623. The number of hydrogen-bond donors (Lipinski definition) is 2. The first-order valence-electron chi connectivity index (χ1n) is 3.91. The Morgan fingerprint density at radius 1 is 1.60 bits per heavy atom. The highest BCUT2D eigenvalue weighted by atomic mass is 16.3. The van der Waals surface area contributed by atoms with Gasteiger partial charge in [-0.15, -0.1) is 0 Å². The normalized spacial score (nSPS) is 20.1. The second kappa shape index (κ2) is 3.94. The second-order valence-corrected chi connectivity index (χ2v) is 3.53. The van der Waals surface area contributed by atoms with Crippen LogP contribution in [0.2, 0.25) is 0 Å². The van der Waals surface area contributed by atoms with Crippen LogP contribution in [0, 0.1) is 5.92 Å². The van der Waals surface area contributed by atoms with E-state index >= 15 is 0 Å². The summed E-state index contributed by atoms with van der Waals surface area (Å²) >= 11 is 0. The van der Waals surface area contributed by atoms with Crippen LogP contribution in [0.1, 0.15) is 33.6 Å². The molecular weight excluding hydrogens is 126 g/mol. The van der Waals surface area contributed by atoms with Crippen LogP contribution in [0.4, 0.5) is 0 Å². The van der Waals surface area contributed by atoms with E-state index in [4.69, 9.17) is 10.8 Å². The minimum absolute atomic E-state index is 0.0807. The molecule has 0 heterocycles. The Hall–Kier alpha value is -0.0800. The van der Waals surface area contributed by atoms with Crippen LogP contribution in [0.15, 0.2) is 0 Å². The Morgan fingerprint density at radius 2 is 2.10 bits per heavy atom. The molecule has 62 valence electrons. The molecule has 0 aromatic heterocycles. The molecule has 2 nitrogen and oxygen atoms in total. The fraction of sp³-hybridized carbons (Fsp3) is 1.00. The van der Waals surface area contributed by atoms with Crippen LogP contribution < -0.4 is 5.73 Å². The fourth-order valence-corrected chi connectivity index (χ4v) is 1.00. The van der Waals surface area contributed by atoms with Crippen molar-refractivity contribution in [1.82, 2.24) is 0 Å². The lowest BCUT2D eigenvalue weighted by atomic mass is 9.90. The number of rotatable bonds is 4. The molecule has 0 spiro atoms. The van der Waals surface area contributed by atoms with E-state index in [2.05, 4.69) is 13.8 Å². The molecular formula is C8H19NO. The van der Waals surface area contributed by atoms with Gasteiger partial charge in [0.2, 0.25) is 0 Å². The third-order valence-electron chi connectivity index (χ3n) is 1.87. The highest BCUT2D eigenvalue weighted by Crippen LogP contribution is 2.15. The first-order chi connectivity index (χ1) is 4.52. The predicted molar refractivity (Wildman–Crippen MR) is 43.8 cm³/mol. The van der Waals surface area contributed by atoms with Crippen LogP contribution in [0.3, 0.4) is 0 Å². The maximum Gasteiger partial charge on any atom is 0.0608 e. The van der Waals surface area contributed by atoms with E-state index in [1.54, 1.807) is 0 Å². The maximum atomic E-state index is 8.81. The van der Waals surface area contributed by atoms with Crippen LogP contribution in [-0.2, 0) is 0 Å². The van der Waals surface area contributed by atoms with Crippen molar-refractivity contribution in [2.45, 2.75) is 39.2 Å². The van der Waals surface area contributed by atoms with Gasteiger partial charge in [0.25, 0.3) is 0 Å². The summed E-state index contributed by atoms with van der Waals surface area (Å²) in [5.41, 5.74) is 5.36. The summed E-state index contributed by atoms with van der Waals surface area (Å²) in [6.07, 6.45) is 2.03. The molecule has 3 N–H and O–H groups in total. The van der Waals surface area contributed by atoms with Crippen molar-refractivity contribution in [1.29, 1.82) is 0 Å². The molecule has 10 heavy (non-hydrogen) atoms. The standard InChI is InChI=1S/C8H19NO/c1-4-7(2)5-8(3,9)6-10/h7,10H,4-6,9H2,1-3H3. The monoisotopic (exact) mass is 145 g/mol. The molecule has 0 aromatic rings. The van der Waals surface area contributed by atoms with Gasteiger partial charge in [-0.25, -0.2) is 0 Å². The van der Waals surface area contributed by atoms with Gasteiger partial charge in [-0.1, -0.05) is 20.3 Å². The molecule has 0 saturated heterocycles. The average Bonchev–Trinajstić information content (AvgIpc) is 1.87. The molecule has 0 saturated carbocycles. The van der Waals surface area contributed by atoms with E-state index in [0.29, 0.717) is 5.92 Å². The molecule has 0 aliphatic carbocycles. The lowest BCUT2D eigenvalue weighted by Gasteiger charge is -2.24. The van der Waals surface area contributed by atoms with E-state index in [9.17, 15) is 0 Å². The zero-order valence-corrected chi connectivity index (χ0v) is 7.22. The molecule has 0 amide bonds. The second-order valence-electron chi connectivity index (χ2n) is 3.53. The zero-order chi connectivity index (χ0) is 8.20. The van der Waals surface area contributed by atoms with Crippen molar-refractivity contribution in [2.24, 2.45) is 11.7 Å². The van der Waals surface area contributed by atoms with E-state index < -0.39 is 0 Å². The van der Waals surface area contributed by atoms with E-state index in [1.165, 1.54) is 0 Å². The van der Waals surface area contributed by atoms with Gasteiger partial charge in [0.1, 0.15) is 0 Å². The summed E-state index contributed by atoms with van der Waals surface area (Å²) in [4.78, 5) is 0. The van der Waals surface area contributed by atoms with E-state index in [0.717, 1.165) is 12.8 Å². The van der Waals surface area contributed by atoms with Crippen molar-refractivity contribution in [3.8, 4) is 0 Å². The van der Waals surface area contributed by atoms with Gasteiger partial charge in [0.05, 0.1) is 6.61 Å². The summed E-state index contributed by atoms with van der Waals surface area (Å²) in [5.74, 6) is 0.613. The van der Waals surface area contributed by atoms with Crippen LogP contribution in [0.25, 0.3) is 0 Å². The van der Waals surface area contributed by atoms with Gasteiger partial charge >= 0.3 is 0 Å². The Kier molecular flexibility index (Phi) is 3.91. The van der Waals surface area contributed by atoms with Crippen molar-refractivity contribution in [3.05, 3.63) is 0 Å². The highest BCUT2D eigenvalue weighted by molar-refractivity contribution is 4.78. The van der Waals surface area contributed by atoms with E-state index in [1.807, 2.05) is 6.92 Å². The molecule has 0 aromatic carbocycles. The van der Waals surface area contributed by atoms with Gasteiger partial charge in [0, 0.05) is 5.54 Å². The summed E-state index contributed by atoms with van der Waals surface area (Å²) in [7, 11) is 0. The highest BCUT2D eigenvalue weighted by Gasteiger charge is 2.19. The van der Waals surface area contributed by atoms with E-state index in [-0.39, 0.29) is 12.1 Å². The zero-order valence-electron chi connectivity index (χ0n) is 7.22. The maximum absolute atomic E-state index is 8.81. The molecule has 0 aliphatic heterocycles. The summed E-state index contributed by atoms with van der Waals surface area (Å²) in [6, 6.07) is 0. The Morgan fingerprint density at radius 3 is 2.40 bits per heavy atom. The number of aliphatic hydroxyl groups is 1. The molecule has 0 bridgehead atoms. The average molecular weight is 145 g/mol. The molecule has 0 fully saturated rings. The summed E-state index contributed by atoms with van der Waals surface area (Å²) in [6.45, 7) is 6.26. The van der Waals surface area contributed by atoms with Crippen LogP contribution in [-0.4, -0.2) is 17.3 Å². The summed E-state index contributed by atoms with van der Waals surface area (Å²) in [5, 5.41) is 8.81. The van der Waals surface area contributed by atoms with Crippen molar-refractivity contribution in [2.75, 3.05) is 6.61 Å². The minimum Gasteiger partial charge on any atom is -0.394 e. The molecule has 2 unspecified atom stereocenters. The van der Waals surface area contributed by atoms with Crippen LogP contribution in [0.5, 0.6) is 0 Å². The van der Waals surface area contributed by atoms with Gasteiger partial charge in [0.15, 0.2) is 0 Å². The SMILES string of the molecule is CCC(C)CC(C)(N)CO. The molecule has 2 atom stereocenters. The lowest BCUT2D eigenvalue weighted by Crippen LogP contribution is -2.41. The topological polar surface area (TPSA) is 46.2 Å². The Labute approximate surface area is 63.4 Å². The first kappa shape index (κ1) is 9.92. The molecule has 2 heteroatoms. The van der Waals surface area contributed by atoms with Gasteiger partial charge < -0.3 is 10.8 Å². The third-order valence-corrected chi connectivity index (χ3v) is 1.87. The largest absolute Gasteiger partial charge is 0.394 e. The first-order valence-corrected chi connectivity index (χ1v) is 3.91. The van der Waals surface area contributed by atoms with Gasteiger partial charge in [-0.3, -0.25) is 0 Å². The molecule has 0 aliphatic rings. The number of hydrogen-bond acceptors (Lipinski definition) is 2. The Bertz CT molecular complexity index is 91.3. The summed E-state index contributed by atoms with van der Waals surface area (Å²) < 4.78 is 0. The molecule has 0 radical (unpaired) electrons. The fourth-order valence-electron chi connectivity index (χ4n) is 1.00. The Balaban J connectivity index is 3.64. The lowest BCUT2D eigenvalue weighted by molar-refractivity contribution is 0.183. The third kappa shape index (κ3) is 3.85. The smallest absolute Gasteiger partial charge is 0.0608 e. The minimum atomic E-state index is -0.380. The van der Waals surface area contributed by atoms with Crippen molar-refractivity contribution < 1.29 is 5.11 Å². The predicted octanol–water partition coefficient (Wildman–Crippen LogP) is 1.13. The van der Waals surface area contributed by atoms with Gasteiger partial charge in [-0.05, 0) is 19.3 Å². The van der Waals surface area contributed by atoms with Crippen LogP contribution >= 0.6 is 0 Å². The van der Waals surface area contributed by atoms with Crippen molar-refractivity contribution in [3.63, 3.8) is 0 Å². The van der Waals surface area contributed by atoms with Gasteiger partial charge in [-0.2, -0.15) is 0 Å².